The average molecular weight is 350 g/mol. The number of rotatable bonds is 3. The zero-order chi connectivity index (χ0) is 15.0. The van der Waals surface area contributed by atoms with Gasteiger partial charge in [-0.25, -0.2) is 0 Å². The van der Waals surface area contributed by atoms with Crippen LogP contribution in [0.1, 0.15) is 26.3 Å². The molecule has 1 aliphatic rings. The molecule has 1 amide bonds. The van der Waals surface area contributed by atoms with Crippen LogP contribution in [0, 0.1) is 0 Å². The minimum atomic E-state index is -0.330. The molecule has 0 aliphatic carbocycles. The zero-order valence-electron chi connectivity index (χ0n) is 11.9. The first-order chi connectivity index (χ1) is 10.1. The Morgan fingerprint density at radius 2 is 2.00 bits per heavy atom. The number of carbonyl (C=O) groups excluding carboxylic acids is 1. The van der Waals surface area contributed by atoms with E-state index in [1.807, 2.05) is 43.0 Å². The molecule has 1 aromatic carbocycles. The summed E-state index contributed by atoms with van der Waals surface area (Å²) < 4.78 is 0.997. The van der Waals surface area contributed by atoms with Gasteiger partial charge in [0.25, 0.3) is 0 Å². The second kappa shape index (κ2) is 5.55. The maximum absolute atomic E-state index is 12.3. The van der Waals surface area contributed by atoms with Crippen LogP contribution in [0.2, 0.25) is 0 Å². The molecular weight excluding hydrogens is 334 g/mol. The van der Waals surface area contributed by atoms with E-state index in [-0.39, 0.29) is 18.0 Å². The minimum absolute atomic E-state index is 0.0738. The highest BCUT2D eigenvalue weighted by molar-refractivity contribution is 9.10. The molecule has 1 fully saturated rings. The zero-order valence-corrected chi connectivity index (χ0v) is 13.5. The lowest BCUT2D eigenvalue weighted by Crippen LogP contribution is -2.34. The fourth-order valence-electron chi connectivity index (χ4n) is 2.49. The summed E-state index contributed by atoms with van der Waals surface area (Å²) in [4.78, 5) is 15.6. The normalized spacial score (nSPS) is 18.8. The highest BCUT2D eigenvalue weighted by atomic mass is 79.9. The molecule has 6 nitrogen and oxygen atoms in total. The first kappa shape index (κ1) is 14.2. The van der Waals surface area contributed by atoms with E-state index in [0.29, 0.717) is 5.82 Å². The van der Waals surface area contributed by atoms with E-state index in [0.717, 1.165) is 23.0 Å². The fourth-order valence-corrected chi connectivity index (χ4v) is 2.75. The molecule has 1 atom stereocenters. The van der Waals surface area contributed by atoms with E-state index in [2.05, 4.69) is 31.3 Å². The highest BCUT2D eigenvalue weighted by Gasteiger charge is 2.36. The number of hydrogen-bond acceptors (Lipinski definition) is 4. The molecule has 0 spiro atoms. The van der Waals surface area contributed by atoms with Crippen LogP contribution in [0.25, 0.3) is 11.4 Å². The number of nitrogens with zero attached hydrogens (tertiary/aromatic N) is 5. The van der Waals surface area contributed by atoms with E-state index >= 15 is 0 Å². The van der Waals surface area contributed by atoms with Crippen LogP contribution in [-0.4, -0.2) is 43.6 Å². The van der Waals surface area contributed by atoms with Crippen molar-refractivity contribution in [2.24, 2.45) is 0 Å². The van der Waals surface area contributed by atoms with Gasteiger partial charge in [-0.15, -0.1) is 10.2 Å². The van der Waals surface area contributed by atoms with Crippen molar-refractivity contribution in [1.29, 1.82) is 0 Å². The molecule has 0 bridgehead atoms. The number of amides is 1. The van der Waals surface area contributed by atoms with Crippen LogP contribution in [0.5, 0.6) is 0 Å². The van der Waals surface area contributed by atoms with Gasteiger partial charge in [-0.05, 0) is 49.7 Å². The van der Waals surface area contributed by atoms with Gasteiger partial charge in [-0.3, -0.25) is 4.79 Å². The van der Waals surface area contributed by atoms with Crippen LogP contribution in [0.3, 0.4) is 0 Å². The van der Waals surface area contributed by atoms with Gasteiger partial charge in [0.1, 0.15) is 0 Å². The third kappa shape index (κ3) is 2.70. The van der Waals surface area contributed by atoms with Crippen molar-refractivity contribution in [2.45, 2.75) is 32.4 Å². The molecule has 3 rings (SSSR count). The van der Waals surface area contributed by atoms with E-state index < -0.39 is 0 Å². The largest absolute Gasteiger partial charge is 0.338 e. The second-order valence-corrected chi connectivity index (χ2v) is 6.29. The molecule has 7 heteroatoms. The first-order valence-electron chi connectivity index (χ1n) is 6.92. The summed E-state index contributed by atoms with van der Waals surface area (Å²) in [7, 11) is 0. The Hall–Kier alpha value is -1.76. The summed E-state index contributed by atoms with van der Waals surface area (Å²) in [5.41, 5.74) is 0.885. The van der Waals surface area contributed by atoms with E-state index in [9.17, 15) is 4.79 Å². The van der Waals surface area contributed by atoms with Crippen LogP contribution >= 0.6 is 15.9 Å². The standard InChI is InChI=1S/C14H16BrN5O/c1-9(2)19-8-7-12(14(19)21)20-17-13(16-18-20)10-3-5-11(15)6-4-10/h3-6,9,12H,7-8H2,1-2H3. The van der Waals surface area contributed by atoms with Gasteiger partial charge in [0.15, 0.2) is 6.04 Å². The van der Waals surface area contributed by atoms with Crippen molar-refractivity contribution in [3.05, 3.63) is 28.7 Å². The molecule has 0 radical (unpaired) electrons. The molecule has 1 aliphatic heterocycles. The number of likely N-dealkylation sites (tertiary alicyclic amines) is 1. The van der Waals surface area contributed by atoms with Crippen LogP contribution in [0.15, 0.2) is 28.7 Å². The Labute approximate surface area is 131 Å². The lowest BCUT2D eigenvalue weighted by molar-refractivity contribution is -0.132. The second-order valence-electron chi connectivity index (χ2n) is 5.37. The minimum Gasteiger partial charge on any atom is -0.338 e. The number of hydrogen-bond donors (Lipinski definition) is 0. The smallest absolute Gasteiger partial charge is 0.249 e. The van der Waals surface area contributed by atoms with Crippen LogP contribution < -0.4 is 0 Å². The monoisotopic (exact) mass is 349 g/mol. The molecule has 1 saturated heterocycles. The Kier molecular flexibility index (Phi) is 3.75. The van der Waals surface area contributed by atoms with E-state index in [4.69, 9.17) is 0 Å². The summed E-state index contributed by atoms with van der Waals surface area (Å²) >= 11 is 3.39. The number of tetrazole rings is 1. The third-order valence-electron chi connectivity index (χ3n) is 3.64. The quantitative estimate of drug-likeness (QED) is 0.852. The van der Waals surface area contributed by atoms with Gasteiger partial charge in [0.2, 0.25) is 11.7 Å². The van der Waals surface area contributed by atoms with Gasteiger partial charge in [-0.1, -0.05) is 15.9 Å². The summed E-state index contributed by atoms with van der Waals surface area (Å²) in [6.07, 6.45) is 0.729. The maximum Gasteiger partial charge on any atom is 0.249 e. The molecule has 0 N–H and O–H groups in total. The summed E-state index contributed by atoms with van der Waals surface area (Å²) in [5.74, 6) is 0.614. The van der Waals surface area contributed by atoms with Gasteiger partial charge < -0.3 is 4.90 Å². The molecule has 21 heavy (non-hydrogen) atoms. The SMILES string of the molecule is CC(C)N1CCC(n2nnc(-c3ccc(Br)cc3)n2)C1=O. The maximum atomic E-state index is 12.3. The van der Waals surface area contributed by atoms with Crippen molar-refractivity contribution in [1.82, 2.24) is 25.1 Å². The molecule has 1 aromatic heterocycles. The predicted octanol–water partition coefficient (Wildman–Crippen LogP) is 2.28. The fraction of sp³-hybridized carbons (Fsp3) is 0.429. The van der Waals surface area contributed by atoms with Gasteiger partial charge in [0, 0.05) is 22.6 Å². The number of aromatic nitrogens is 4. The number of halogens is 1. The van der Waals surface area contributed by atoms with Crippen LogP contribution in [0.4, 0.5) is 0 Å². The molecule has 0 saturated carbocycles. The van der Waals surface area contributed by atoms with E-state index in [1.165, 1.54) is 4.80 Å². The predicted molar refractivity (Wildman–Crippen MR) is 81.5 cm³/mol. The van der Waals surface area contributed by atoms with Crippen LogP contribution in [-0.2, 0) is 4.79 Å². The molecule has 2 aromatic rings. The molecule has 110 valence electrons. The summed E-state index contributed by atoms with van der Waals surface area (Å²) in [6.45, 7) is 4.78. The summed E-state index contributed by atoms with van der Waals surface area (Å²) in [5, 5.41) is 12.5. The lowest BCUT2D eigenvalue weighted by atomic mass is 10.2. The molecule has 2 heterocycles. The summed E-state index contributed by atoms with van der Waals surface area (Å²) in [6, 6.07) is 7.57. The van der Waals surface area contributed by atoms with Crippen molar-refractivity contribution in [2.75, 3.05) is 6.54 Å². The molecular formula is C14H16BrN5O. The number of carbonyl (C=O) groups is 1. The topological polar surface area (TPSA) is 63.9 Å². The highest BCUT2D eigenvalue weighted by Crippen LogP contribution is 2.24. The average Bonchev–Trinajstić information content (AvgIpc) is 3.06. The van der Waals surface area contributed by atoms with Crippen molar-refractivity contribution in [3.63, 3.8) is 0 Å². The van der Waals surface area contributed by atoms with Crippen molar-refractivity contribution in [3.8, 4) is 11.4 Å². The molecule has 1 unspecified atom stereocenters. The van der Waals surface area contributed by atoms with E-state index in [1.54, 1.807) is 0 Å². The third-order valence-corrected chi connectivity index (χ3v) is 4.17. The Morgan fingerprint density at radius 1 is 1.29 bits per heavy atom. The van der Waals surface area contributed by atoms with Gasteiger partial charge in [0.05, 0.1) is 0 Å². The Balaban J connectivity index is 1.83. The van der Waals surface area contributed by atoms with Crippen molar-refractivity contribution < 1.29 is 4.79 Å². The first-order valence-corrected chi connectivity index (χ1v) is 7.71. The van der Waals surface area contributed by atoms with Crippen molar-refractivity contribution >= 4 is 21.8 Å². The Morgan fingerprint density at radius 3 is 2.62 bits per heavy atom. The van der Waals surface area contributed by atoms with Gasteiger partial charge in [-0.2, -0.15) is 4.80 Å². The Bertz CT molecular complexity index is 652. The number of benzene rings is 1. The lowest BCUT2D eigenvalue weighted by Gasteiger charge is -2.20. The van der Waals surface area contributed by atoms with Gasteiger partial charge >= 0.3 is 0 Å².